The van der Waals surface area contributed by atoms with Gasteiger partial charge in [0, 0.05) is 7.05 Å². The molecule has 11 nitrogen and oxygen atoms in total. The van der Waals surface area contributed by atoms with Crippen LogP contribution in [-0.2, 0) is 12.8 Å². The number of nitrogens with one attached hydrogen (secondary N) is 1. The molecule has 0 atom stereocenters. The number of amides is 1. The van der Waals surface area contributed by atoms with Crippen molar-refractivity contribution in [2.75, 3.05) is 14.2 Å². The van der Waals surface area contributed by atoms with Gasteiger partial charge < -0.3 is 13.9 Å². The number of hydrogen-bond acceptors (Lipinski definition) is 9. The van der Waals surface area contributed by atoms with E-state index in [-0.39, 0.29) is 5.82 Å². The van der Waals surface area contributed by atoms with E-state index in [2.05, 4.69) is 25.0 Å². The molecule has 0 saturated carbocycles. The number of para-hydroxylation sites is 1. The molecule has 3 heterocycles. The van der Waals surface area contributed by atoms with E-state index in [4.69, 9.17) is 13.9 Å². The first-order chi connectivity index (χ1) is 15.5. The number of hydrogen-bond donors (Lipinski definition) is 1. The number of carbonyl (C=O) groups excluding carboxylic acids is 1. The molecule has 1 amide bonds. The second-order valence-electron chi connectivity index (χ2n) is 6.66. The van der Waals surface area contributed by atoms with Gasteiger partial charge in [-0.1, -0.05) is 6.07 Å². The molecule has 32 heavy (non-hydrogen) atoms. The minimum Gasteiger partial charge on any atom is -0.494 e. The molecular formula is C20H21N7O4S. The molecule has 0 fully saturated rings. The fourth-order valence-electron chi connectivity index (χ4n) is 3.07. The molecule has 0 saturated heterocycles. The molecule has 0 aliphatic heterocycles. The molecule has 3 aromatic heterocycles. The molecule has 0 spiro atoms. The van der Waals surface area contributed by atoms with Crippen molar-refractivity contribution < 1.29 is 18.7 Å². The average molecular weight is 456 g/mol. The van der Waals surface area contributed by atoms with Crippen LogP contribution in [0.5, 0.6) is 11.5 Å². The van der Waals surface area contributed by atoms with Crippen LogP contribution in [0, 0.1) is 6.92 Å². The van der Waals surface area contributed by atoms with Gasteiger partial charge in [0.1, 0.15) is 29.3 Å². The Morgan fingerprint density at radius 3 is 2.50 bits per heavy atom. The van der Waals surface area contributed by atoms with Crippen molar-refractivity contribution in [2.45, 2.75) is 12.7 Å². The van der Waals surface area contributed by atoms with Crippen LogP contribution in [-0.4, -0.2) is 49.7 Å². The standard InChI is InChI=1S/C20H21N7O4S/c1-12-8-9-15(31-12)18-22-23-19(20(28)25-32-10-16-21-11-26(2)24-16)27(18)17-13(29-3)6-5-7-14(17)30-4/h5-9,11H,10H2,1-4H3,(H,25,28). The van der Waals surface area contributed by atoms with Gasteiger partial charge in [-0.05, 0) is 43.1 Å². The number of nitrogens with zero attached hydrogens (tertiary/aromatic N) is 6. The van der Waals surface area contributed by atoms with Crippen molar-refractivity contribution in [2.24, 2.45) is 7.05 Å². The number of carbonyl (C=O) groups is 1. The van der Waals surface area contributed by atoms with Gasteiger partial charge >= 0.3 is 0 Å². The lowest BCUT2D eigenvalue weighted by molar-refractivity contribution is 0.0972. The third-order valence-corrected chi connectivity index (χ3v) is 5.20. The van der Waals surface area contributed by atoms with Crippen LogP contribution in [0.25, 0.3) is 17.3 Å². The topological polar surface area (TPSA) is 122 Å². The minimum absolute atomic E-state index is 0.0401. The third-order valence-electron chi connectivity index (χ3n) is 4.47. The zero-order chi connectivity index (χ0) is 22.7. The van der Waals surface area contributed by atoms with E-state index in [1.54, 1.807) is 46.9 Å². The van der Waals surface area contributed by atoms with Gasteiger partial charge in [-0.3, -0.25) is 18.8 Å². The molecule has 0 unspecified atom stereocenters. The second-order valence-corrected chi connectivity index (χ2v) is 7.44. The maximum absolute atomic E-state index is 13.1. The number of aromatic nitrogens is 6. The highest BCUT2D eigenvalue weighted by Gasteiger charge is 2.27. The van der Waals surface area contributed by atoms with Gasteiger partial charge in [0.05, 0.1) is 20.0 Å². The summed E-state index contributed by atoms with van der Waals surface area (Å²) < 4.78 is 22.8. The summed E-state index contributed by atoms with van der Waals surface area (Å²) in [7, 11) is 4.85. The van der Waals surface area contributed by atoms with E-state index in [0.717, 1.165) is 11.9 Å². The Bertz CT molecular complexity index is 1220. The van der Waals surface area contributed by atoms with E-state index in [1.807, 2.05) is 13.0 Å². The summed E-state index contributed by atoms with van der Waals surface area (Å²) in [4.78, 5) is 17.2. The van der Waals surface area contributed by atoms with Crippen LogP contribution >= 0.6 is 11.9 Å². The van der Waals surface area contributed by atoms with Crippen LogP contribution in [0.2, 0.25) is 0 Å². The molecule has 0 bridgehead atoms. The summed E-state index contributed by atoms with van der Waals surface area (Å²) in [6.45, 7) is 1.82. The Morgan fingerprint density at radius 1 is 1.16 bits per heavy atom. The molecule has 166 valence electrons. The second kappa shape index (κ2) is 9.14. The lowest BCUT2D eigenvalue weighted by Gasteiger charge is -2.16. The normalized spacial score (nSPS) is 10.9. The van der Waals surface area contributed by atoms with Crippen LogP contribution < -0.4 is 14.2 Å². The summed E-state index contributed by atoms with van der Waals surface area (Å²) in [6, 6.07) is 8.89. The Kier molecular flexibility index (Phi) is 6.12. The van der Waals surface area contributed by atoms with Crippen molar-refractivity contribution in [3.8, 4) is 28.8 Å². The van der Waals surface area contributed by atoms with Crippen molar-refractivity contribution in [3.05, 3.63) is 54.1 Å². The number of rotatable bonds is 8. The molecule has 0 radical (unpaired) electrons. The predicted molar refractivity (Wildman–Crippen MR) is 117 cm³/mol. The average Bonchev–Trinajstić information content (AvgIpc) is 3.52. The fraction of sp³-hybridized carbons (Fsp3) is 0.250. The van der Waals surface area contributed by atoms with Crippen molar-refractivity contribution in [1.29, 1.82) is 0 Å². The lowest BCUT2D eigenvalue weighted by atomic mass is 10.2. The Balaban J connectivity index is 1.74. The molecular weight excluding hydrogens is 434 g/mol. The molecule has 0 aliphatic carbocycles. The number of benzene rings is 1. The highest BCUT2D eigenvalue weighted by molar-refractivity contribution is 7.97. The predicted octanol–water partition coefficient (Wildman–Crippen LogP) is 2.56. The summed E-state index contributed by atoms with van der Waals surface area (Å²) in [6.07, 6.45) is 1.60. The van der Waals surface area contributed by atoms with E-state index in [9.17, 15) is 4.79 Å². The van der Waals surface area contributed by atoms with Gasteiger partial charge in [-0.25, -0.2) is 4.98 Å². The molecule has 4 rings (SSSR count). The van der Waals surface area contributed by atoms with E-state index in [0.29, 0.717) is 46.1 Å². The van der Waals surface area contributed by atoms with E-state index in [1.165, 1.54) is 14.2 Å². The number of aryl methyl sites for hydroxylation is 2. The lowest BCUT2D eigenvalue weighted by Crippen LogP contribution is -2.21. The van der Waals surface area contributed by atoms with Gasteiger partial charge in [0.15, 0.2) is 11.6 Å². The number of ether oxygens (including phenoxy) is 2. The first kappa shape index (κ1) is 21.4. The summed E-state index contributed by atoms with van der Waals surface area (Å²) in [5, 5.41) is 12.6. The van der Waals surface area contributed by atoms with Gasteiger partial charge in [-0.2, -0.15) is 5.10 Å². The van der Waals surface area contributed by atoms with Crippen LogP contribution in [0.1, 0.15) is 22.2 Å². The van der Waals surface area contributed by atoms with Gasteiger partial charge in [0.2, 0.25) is 11.6 Å². The minimum atomic E-state index is -0.457. The first-order valence-electron chi connectivity index (χ1n) is 9.52. The Morgan fingerprint density at radius 2 is 1.91 bits per heavy atom. The van der Waals surface area contributed by atoms with Crippen molar-refractivity contribution >= 4 is 17.9 Å². The zero-order valence-electron chi connectivity index (χ0n) is 17.9. The van der Waals surface area contributed by atoms with Crippen LogP contribution in [0.15, 0.2) is 41.1 Å². The summed E-state index contributed by atoms with van der Waals surface area (Å²) in [5.41, 5.74) is 0.480. The van der Waals surface area contributed by atoms with Gasteiger partial charge in [-0.15, -0.1) is 10.2 Å². The SMILES string of the molecule is COc1cccc(OC)c1-n1c(C(=O)NSCc2ncn(C)n2)nnc1-c1ccc(C)o1. The zero-order valence-corrected chi connectivity index (χ0v) is 18.7. The molecule has 1 aromatic carbocycles. The fourth-order valence-corrected chi connectivity index (χ4v) is 3.63. The summed E-state index contributed by atoms with van der Waals surface area (Å²) in [5.74, 6) is 3.02. The highest BCUT2D eigenvalue weighted by Crippen LogP contribution is 2.36. The smallest absolute Gasteiger partial charge is 0.299 e. The largest absolute Gasteiger partial charge is 0.494 e. The Hall–Kier alpha value is -3.80. The van der Waals surface area contributed by atoms with Crippen LogP contribution in [0.4, 0.5) is 0 Å². The number of furan rings is 1. The molecule has 4 aromatic rings. The monoisotopic (exact) mass is 455 g/mol. The highest BCUT2D eigenvalue weighted by atomic mass is 32.2. The maximum atomic E-state index is 13.1. The molecule has 12 heteroatoms. The van der Waals surface area contributed by atoms with Crippen LogP contribution in [0.3, 0.4) is 0 Å². The third kappa shape index (κ3) is 4.17. The molecule has 1 N–H and O–H groups in total. The van der Waals surface area contributed by atoms with E-state index < -0.39 is 5.91 Å². The van der Waals surface area contributed by atoms with E-state index >= 15 is 0 Å². The molecule has 0 aliphatic rings. The quantitative estimate of drug-likeness (QED) is 0.399. The first-order valence-corrected chi connectivity index (χ1v) is 10.5. The maximum Gasteiger partial charge on any atom is 0.299 e. The summed E-state index contributed by atoms with van der Waals surface area (Å²) >= 11 is 1.15. The number of methoxy groups -OCH3 is 2. The van der Waals surface area contributed by atoms with Crippen molar-refractivity contribution in [1.82, 2.24) is 34.3 Å². The van der Waals surface area contributed by atoms with Crippen molar-refractivity contribution in [3.63, 3.8) is 0 Å². The Labute approximate surface area is 187 Å². The van der Waals surface area contributed by atoms with Gasteiger partial charge in [0.25, 0.3) is 5.91 Å².